The van der Waals surface area contributed by atoms with Gasteiger partial charge in [0.2, 0.25) is 0 Å². The average Bonchev–Trinajstić information content (AvgIpc) is 3.23. The average molecular weight is 360 g/mol. The van der Waals surface area contributed by atoms with E-state index in [2.05, 4.69) is 11.9 Å². The number of rotatable bonds is 4. The van der Waals surface area contributed by atoms with Gasteiger partial charge in [-0.3, -0.25) is 0 Å². The molecule has 0 aromatic carbocycles. The molecule has 26 heavy (non-hydrogen) atoms. The zero-order valence-electron chi connectivity index (χ0n) is 14.9. The van der Waals surface area contributed by atoms with Crippen LogP contribution in [0.1, 0.15) is 54.7 Å². The number of pyridine rings is 1. The van der Waals surface area contributed by atoms with Gasteiger partial charge >= 0.3 is 5.97 Å². The van der Waals surface area contributed by atoms with Crippen LogP contribution < -0.4 is 0 Å². The Hall–Kier alpha value is -1.96. The van der Waals surface area contributed by atoms with Crippen LogP contribution in [0.25, 0.3) is 11.0 Å². The summed E-state index contributed by atoms with van der Waals surface area (Å²) in [5.74, 6) is -1.11. The molecule has 1 aliphatic carbocycles. The molecule has 1 saturated heterocycles. The minimum absolute atomic E-state index is 0.0291. The molecule has 2 fully saturated rings. The van der Waals surface area contributed by atoms with E-state index in [4.69, 9.17) is 9.47 Å². The standard InChI is InChI=1S/C19H24N2O5/c1-12(13-4-6-19(7-5-13)25-9-10-26-19)21-15(11-22)16(18(23)24)14-3-2-8-20-17(14)21/h2-3,8,12-13,22H,4-7,9-11H2,1H3,(H,23,24). The Labute approximate surface area is 151 Å². The quantitative estimate of drug-likeness (QED) is 0.871. The Kier molecular flexibility index (Phi) is 4.46. The zero-order valence-corrected chi connectivity index (χ0v) is 14.9. The SMILES string of the molecule is CC(C1CCC2(CC1)OCCO2)n1c(CO)c(C(=O)O)c2cccnc21. The minimum atomic E-state index is -1.03. The summed E-state index contributed by atoms with van der Waals surface area (Å²) < 4.78 is 13.5. The number of ether oxygens (including phenoxy) is 2. The van der Waals surface area contributed by atoms with Crippen molar-refractivity contribution in [2.75, 3.05) is 13.2 Å². The molecule has 2 N–H and O–H groups in total. The molecule has 1 aliphatic heterocycles. The van der Waals surface area contributed by atoms with Crippen LogP contribution in [0.15, 0.2) is 18.3 Å². The van der Waals surface area contributed by atoms with Gasteiger partial charge in [-0.15, -0.1) is 0 Å². The monoisotopic (exact) mass is 360 g/mol. The predicted octanol–water partition coefficient (Wildman–Crippen LogP) is 2.72. The van der Waals surface area contributed by atoms with Crippen LogP contribution in [0, 0.1) is 5.92 Å². The lowest BCUT2D eigenvalue weighted by atomic mass is 9.81. The summed E-state index contributed by atoms with van der Waals surface area (Å²) in [4.78, 5) is 16.2. The van der Waals surface area contributed by atoms with Crippen LogP contribution in [-0.2, 0) is 16.1 Å². The van der Waals surface area contributed by atoms with E-state index >= 15 is 0 Å². The van der Waals surface area contributed by atoms with Crippen molar-refractivity contribution in [3.63, 3.8) is 0 Å². The van der Waals surface area contributed by atoms with Crippen molar-refractivity contribution in [3.05, 3.63) is 29.6 Å². The fourth-order valence-corrected chi connectivity index (χ4v) is 4.58. The van der Waals surface area contributed by atoms with Gasteiger partial charge in [-0.05, 0) is 37.8 Å². The summed E-state index contributed by atoms with van der Waals surface area (Å²) >= 11 is 0. The Bertz CT molecular complexity index is 815. The van der Waals surface area contributed by atoms with Gasteiger partial charge in [-0.2, -0.15) is 0 Å². The number of aromatic carboxylic acids is 1. The zero-order chi connectivity index (χ0) is 18.3. The molecule has 2 aliphatic rings. The van der Waals surface area contributed by atoms with E-state index in [1.54, 1.807) is 18.3 Å². The van der Waals surface area contributed by atoms with E-state index < -0.39 is 11.8 Å². The normalized spacial score (nSPS) is 21.5. The highest BCUT2D eigenvalue weighted by Crippen LogP contribution is 2.43. The number of hydrogen-bond donors (Lipinski definition) is 2. The van der Waals surface area contributed by atoms with Gasteiger partial charge in [-0.25, -0.2) is 9.78 Å². The van der Waals surface area contributed by atoms with Gasteiger partial charge in [0.25, 0.3) is 0 Å². The molecule has 7 heteroatoms. The van der Waals surface area contributed by atoms with Crippen molar-refractivity contribution in [1.82, 2.24) is 9.55 Å². The maximum Gasteiger partial charge on any atom is 0.338 e. The fraction of sp³-hybridized carbons (Fsp3) is 0.579. The van der Waals surface area contributed by atoms with Crippen LogP contribution in [0.4, 0.5) is 0 Å². The van der Waals surface area contributed by atoms with E-state index in [0.29, 0.717) is 35.9 Å². The molecule has 1 saturated carbocycles. The molecule has 0 amide bonds. The summed E-state index contributed by atoms with van der Waals surface area (Å²) in [5.41, 5.74) is 1.19. The van der Waals surface area contributed by atoms with Gasteiger partial charge in [0.15, 0.2) is 5.79 Å². The number of carbonyl (C=O) groups is 1. The van der Waals surface area contributed by atoms with Crippen molar-refractivity contribution in [2.45, 2.75) is 51.0 Å². The predicted molar refractivity (Wildman–Crippen MR) is 93.9 cm³/mol. The van der Waals surface area contributed by atoms with E-state index in [1.807, 2.05) is 4.57 Å². The number of nitrogens with zero attached hydrogens (tertiary/aromatic N) is 2. The summed E-state index contributed by atoms with van der Waals surface area (Å²) in [6.07, 6.45) is 5.21. The number of hydrogen-bond acceptors (Lipinski definition) is 5. The highest BCUT2D eigenvalue weighted by Gasteiger charge is 2.42. The van der Waals surface area contributed by atoms with E-state index in [1.165, 1.54) is 0 Å². The third-order valence-electron chi connectivity index (χ3n) is 5.92. The van der Waals surface area contributed by atoms with E-state index in [-0.39, 0.29) is 18.2 Å². The number of aromatic nitrogens is 2. The molecule has 0 radical (unpaired) electrons. The summed E-state index contributed by atoms with van der Waals surface area (Å²) in [7, 11) is 0. The molecule has 140 valence electrons. The number of aliphatic hydroxyl groups excluding tert-OH is 1. The van der Waals surface area contributed by atoms with Crippen molar-refractivity contribution < 1.29 is 24.5 Å². The second-order valence-electron chi connectivity index (χ2n) is 7.22. The first-order valence-electron chi connectivity index (χ1n) is 9.16. The van der Waals surface area contributed by atoms with Crippen molar-refractivity contribution in [1.29, 1.82) is 0 Å². The maximum absolute atomic E-state index is 11.8. The molecule has 0 bridgehead atoms. The van der Waals surface area contributed by atoms with Crippen LogP contribution in [0.2, 0.25) is 0 Å². The van der Waals surface area contributed by atoms with Crippen LogP contribution in [0.3, 0.4) is 0 Å². The van der Waals surface area contributed by atoms with Crippen molar-refractivity contribution >= 4 is 17.0 Å². The Morgan fingerprint density at radius 3 is 2.69 bits per heavy atom. The number of aliphatic hydroxyl groups is 1. The van der Waals surface area contributed by atoms with Gasteiger partial charge < -0.3 is 24.3 Å². The molecular formula is C19H24N2O5. The maximum atomic E-state index is 11.8. The second kappa shape index (κ2) is 6.64. The number of carboxylic acids is 1. The Morgan fingerprint density at radius 2 is 2.08 bits per heavy atom. The fourth-order valence-electron chi connectivity index (χ4n) is 4.58. The largest absolute Gasteiger partial charge is 0.478 e. The molecule has 2 aromatic heterocycles. The smallest absolute Gasteiger partial charge is 0.338 e. The lowest BCUT2D eigenvalue weighted by molar-refractivity contribution is -0.184. The first-order valence-corrected chi connectivity index (χ1v) is 9.16. The Balaban J connectivity index is 1.69. The second-order valence-corrected chi connectivity index (χ2v) is 7.22. The summed E-state index contributed by atoms with van der Waals surface area (Å²) in [6.45, 7) is 3.06. The molecule has 2 aromatic rings. The summed E-state index contributed by atoms with van der Waals surface area (Å²) in [6, 6.07) is 3.51. The van der Waals surface area contributed by atoms with Crippen molar-refractivity contribution in [3.8, 4) is 0 Å². The summed E-state index contributed by atoms with van der Waals surface area (Å²) in [5, 5.41) is 20.1. The lowest BCUT2D eigenvalue weighted by Crippen LogP contribution is -2.37. The highest BCUT2D eigenvalue weighted by atomic mass is 16.7. The number of carboxylic acid groups (broad SMARTS) is 1. The van der Waals surface area contributed by atoms with Gasteiger partial charge in [0, 0.05) is 30.5 Å². The molecule has 3 heterocycles. The lowest BCUT2D eigenvalue weighted by Gasteiger charge is -2.38. The molecule has 7 nitrogen and oxygen atoms in total. The molecule has 1 unspecified atom stereocenters. The minimum Gasteiger partial charge on any atom is -0.478 e. The topological polar surface area (TPSA) is 93.8 Å². The Morgan fingerprint density at radius 1 is 1.38 bits per heavy atom. The van der Waals surface area contributed by atoms with E-state index in [0.717, 1.165) is 25.7 Å². The molecule has 1 spiro atoms. The van der Waals surface area contributed by atoms with E-state index in [9.17, 15) is 15.0 Å². The molecule has 4 rings (SSSR count). The first-order chi connectivity index (χ1) is 12.6. The molecule has 1 atom stereocenters. The highest BCUT2D eigenvalue weighted by molar-refractivity contribution is 6.04. The third-order valence-corrected chi connectivity index (χ3v) is 5.92. The van der Waals surface area contributed by atoms with Crippen LogP contribution >= 0.6 is 0 Å². The van der Waals surface area contributed by atoms with Gasteiger partial charge in [0.05, 0.1) is 31.1 Å². The molecular weight excluding hydrogens is 336 g/mol. The van der Waals surface area contributed by atoms with Crippen LogP contribution in [-0.4, -0.2) is 44.7 Å². The van der Waals surface area contributed by atoms with Crippen molar-refractivity contribution in [2.24, 2.45) is 5.92 Å². The van der Waals surface area contributed by atoms with Gasteiger partial charge in [-0.1, -0.05) is 0 Å². The number of fused-ring (bicyclic) bond motifs is 1. The van der Waals surface area contributed by atoms with Gasteiger partial charge in [0.1, 0.15) is 5.65 Å². The third kappa shape index (κ3) is 2.71. The first kappa shape index (κ1) is 17.5. The van der Waals surface area contributed by atoms with Crippen LogP contribution in [0.5, 0.6) is 0 Å².